The van der Waals surface area contributed by atoms with Gasteiger partial charge in [0.15, 0.2) is 0 Å². The summed E-state index contributed by atoms with van der Waals surface area (Å²) in [5.41, 5.74) is 0. The minimum Gasteiger partial charge on any atom is -0.402 e. The smallest absolute Gasteiger partial charge is 0.402 e. The van der Waals surface area contributed by atoms with Crippen LogP contribution >= 0.6 is 0 Å². The summed E-state index contributed by atoms with van der Waals surface area (Å²) in [6, 6.07) is 0. The molecule has 9 heteroatoms. The van der Waals surface area contributed by atoms with Gasteiger partial charge in [-0.1, -0.05) is 0 Å². The molecular formula is H9B2NO6. The molecular weight excluding hydrogens is 132 g/mol. The molecule has 0 aromatic rings. The van der Waals surface area contributed by atoms with Gasteiger partial charge in [0.1, 0.15) is 0 Å². The van der Waals surface area contributed by atoms with Crippen molar-refractivity contribution in [3.05, 3.63) is 0 Å². The Morgan fingerprint density at radius 3 is 0.556 bits per heavy atom. The van der Waals surface area contributed by atoms with Gasteiger partial charge in [0.2, 0.25) is 0 Å². The summed E-state index contributed by atoms with van der Waals surface area (Å²) < 4.78 is 0. The van der Waals surface area contributed by atoms with Gasteiger partial charge in [-0.3, -0.25) is 0 Å². The third kappa shape index (κ3) is 11900. The first-order valence-corrected chi connectivity index (χ1v) is 1.55. The zero-order chi connectivity index (χ0) is 7.15. The highest BCUT2D eigenvalue weighted by molar-refractivity contribution is 6.30. The van der Waals surface area contributed by atoms with Gasteiger partial charge in [0, 0.05) is 0 Å². The maximum absolute atomic E-state index is 7.17. The molecule has 0 amide bonds. The van der Waals surface area contributed by atoms with Crippen LogP contribution in [-0.2, 0) is 0 Å². The van der Waals surface area contributed by atoms with E-state index in [-0.39, 0.29) is 6.15 Å². The summed E-state index contributed by atoms with van der Waals surface area (Å²) in [4.78, 5) is 0. The molecule has 0 aliphatic carbocycles. The van der Waals surface area contributed by atoms with Gasteiger partial charge in [0.05, 0.1) is 0 Å². The second-order valence-corrected chi connectivity index (χ2v) is 0.693. The van der Waals surface area contributed by atoms with Crippen molar-refractivity contribution in [2.45, 2.75) is 0 Å². The van der Waals surface area contributed by atoms with E-state index in [1.807, 2.05) is 0 Å². The largest absolute Gasteiger partial charge is 0.631 e. The molecule has 0 aromatic carbocycles. The fraction of sp³-hybridized carbons (Fsp3) is 0. The van der Waals surface area contributed by atoms with Crippen molar-refractivity contribution in [2.75, 3.05) is 0 Å². The molecule has 0 aromatic heterocycles. The zero-order valence-electron chi connectivity index (χ0n) is 4.55. The Morgan fingerprint density at radius 1 is 0.556 bits per heavy atom. The van der Waals surface area contributed by atoms with E-state index in [0.717, 1.165) is 0 Å². The lowest BCUT2D eigenvalue weighted by molar-refractivity contribution is 0.276. The molecule has 0 fully saturated rings. The van der Waals surface area contributed by atoms with Gasteiger partial charge in [-0.25, -0.2) is 0 Å². The Hall–Kier alpha value is -0.150. The summed E-state index contributed by atoms with van der Waals surface area (Å²) in [6.07, 6.45) is 0. The van der Waals surface area contributed by atoms with E-state index < -0.39 is 14.6 Å². The first-order valence-electron chi connectivity index (χ1n) is 1.55. The predicted molar refractivity (Wildman–Crippen MR) is 29.8 cm³/mol. The van der Waals surface area contributed by atoms with Crippen LogP contribution in [0.2, 0.25) is 0 Å². The van der Waals surface area contributed by atoms with Crippen LogP contribution in [0.4, 0.5) is 0 Å². The normalized spacial score (nSPS) is 6.00. The van der Waals surface area contributed by atoms with Crippen molar-refractivity contribution in [2.24, 2.45) is 0 Å². The van der Waals surface area contributed by atoms with Gasteiger partial charge < -0.3 is 36.3 Å². The molecule has 0 unspecified atom stereocenters. The Balaban J connectivity index is -0.0000000720. The average Bonchev–Trinajstić information content (AvgIpc) is 1.25. The summed E-state index contributed by atoms with van der Waals surface area (Å²) in [7, 11) is -4.33. The zero-order valence-corrected chi connectivity index (χ0v) is 4.55. The summed E-state index contributed by atoms with van der Waals surface area (Å²) in [6.45, 7) is 0. The van der Waals surface area contributed by atoms with Gasteiger partial charge >= 0.3 is 14.6 Å². The fourth-order valence-electron chi connectivity index (χ4n) is 0. The Bertz CT molecular complexity index is 26.5. The molecule has 9 heavy (non-hydrogen) atoms. The highest BCUT2D eigenvalue weighted by Crippen LogP contribution is 1.40. The summed E-state index contributed by atoms with van der Waals surface area (Å²) in [5.74, 6) is 0. The Labute approximate surface area is 52.1 Å². The quantitative estimate of drug-likeness (QED) is 0.169. The second kappa shape index (κ2) is 10.8. The molecule has 7 nitrogen and oxygen atoms in total. The molecule has 0 bridgehead atoms. The average molecular weight is 141 g/mol. The van der Waals surface area contributed by atoms with Crippen LogP contribution in [0.5, 0.6) is 0 Å². The molecule has 56 valence electrons. The molecule has 0 atom stereocenters. The van der Waals surface area contributed by atoms with E-state index in [9.17, 15) is 0 Å². The molecule has 0 heterocycles. The number of rotatable bonds is 0. The minimum absolute atomic E-state index is 0. The monoisotopic (exact) mass is 141 g/mol. The van der Waals surface area contributed by atoms with Crippen LogP contribution < -0.4 is 6.15 Å². The van der Waals surface area contributed by atoms with Crippen LogP contribution in [0.15, 0.2) is 0 Å². The molecule has 0 radical (unpaired) electrons. The van der Waals surface area contributed by atoms with Crippen molar-refractivity contribution in [3.8, 4) is 0 Å². The molecule has 0 aliphatic heterocycles. The fourth-order valence-corrected chi connectivity index (χ4v) is 0. The minimum atomic E-state index is -2.17. The van der Waals surface area contributed by atoms with Gasteiger partial charge in [-0.05, 0) is 0 Å². The van der Waals surface area contributed by atoms with Crippen LogP contribution in [0.25, 0.3) is 0 Å². The van der Waals surface area contributed by atoms with Crippen LogP contribution in [0.3, 0.4) is 0 Å². The van der Waals surface area contributed by atoms with E-state index in [0.29, 0.717) is 0 Å². The third-order valence-corrected chi connectivity index (χ3v) is 0. The first kappa shape index (κ1) is 15.9. The maximum atomic E-state index is 7.17. The second-order valence-electron chi connectivity index (χ2n) is 0.693. The molecule has 9 N–H and O–H groups in total. The molecule has 0 aliphatic rings. The van der Waals surface area contributed by atoms with Crippen LogP contribution in [0.1, 0.15) is 0 Å². The van der Waals surface area contributed by atoms with E-state index in [1.165, 1.54) is 0 Å². The van der Waals surface area contributed by atoms with Crippen molar-refractivity contribution >= 4 is 14.6 Å². The van der Waals surface area contributed by atoms with Gasteiger partial charge in [0.25, 0.3) is 0 Å². The topological polar surface area (TPSA) is 156 Å². The standard InChI is InChI=1S/2BH3O3.H3N/c2*2-1(3)4;/h2*2-4H;1H3. The first-order chi connectivity index (χ1) is 3.46. The molecule has 0 rings (SSSR count). The lowest BCUT2D eigenvalue weighted by Crippen LogP contribution is -2.07. The van der Waals surface area contributed by atoms with E-state index in [2.05, 4.69) is 0 Å². The lowest BCUT2D eigenvalue weighted by atomic mass is 10.3. The van der Waals surface area contributed by atoms with E-state index in [4.69, 9.17) is 30.1 Å². The van der Waals surface area contributed by atoms with Gasteiger partial charge in [-0.2, -0.15) is 0 Å². The molecule has 0 saturated carbocycles. The highest BCUT2D eigenvalue weighted by atomic mass is 16.5. The van der Waals surface area contributed by atoms with Crippen molar-refractivity contribution in [1.82, 2.24) is 6.15 Å². The van der Waals surface area contributed by atoms with Gasteiger partial charge in [-0.15, -0.1) is 0 Å². The molecule has 0 saturated heterocycles. The predicted octanol–water partition coefficient (Wildman–Crippen LogP) is -3.94. The van der Waals surface area contributed by atoms with Crippen molar-refractivity contribution < 1.29 is 30.1 Å². The number of hydrogen-bond donors (Lipinski definition) is 7. The summed E-state index contributed by atoms with van der Waals surface area (Å²) >= 11 is 0. The van der Waals surface area contributed by atoms with Crippen LogP contribution in [0, 0.1) is 0 Å². The molecule has 0 spiro atoms. The van der Waals surface area contributed by atoms with E-state index in [1.54, 1.807) is 0 Å². The Morgan fingerprint density at radius 2 is 0.556 bits per heavy atom. The van der Waals surface area contributed by atoms with E-state index >= 15 is 0 Å². The van der Waals surface area contributed by atoms with Crippen LogP contribution in [-0.4, -0.2) is 44.8 Å². The highest BCUT2D eigenvalue weighted by Gasteiger charge is 1.93. The van der Waals surface area contributed by atoms with Crippen molar-refractivity contribution in [3.63, 3.8) is 0 Å². The maximum Gasteiger partial charge on any atom is 0.631 e. The summed E-state index contributed by atoms with van der Waals surface area (Å²) in [5, 5.41) is 43.0. The Kier molecular flexibility index (Phi) is 19.1. The SMILES string of the molecule is N.OB(O)O.OB(O)O. The third-order valence-electron chi connectivity index (χ3n) is 0. The number of hydrogen-bond acceptors (Lipinski definition) is 7. The lowest BCUT2D eigenvalue weighted by Gasteiger charge is -1.69. The van der Waals surface area contributed by atoms with Crippen molar-refractivity contribution in [1.29, 1.82) is 0 Å².